The zero-order valence-electron chi connectivity index (χ0n) is 21.3. The first-order valence-corrected chi connectivity index (χ1v) is 12.1. The number of aromatic carboxylic acids is 1. The number of carboxylic acid groups (broad SMARTS) is 1. The maximum absolute atomic E-state index is 13.7. The minimum Gasteiger partial charge on any atom is -0.477 e. The Morgan fingerprint density at radius 2 is 1.97 bits per heavy atom. The number of carbonyl (C=O) groups is 3. The second-order valence-corrected chi connectivity index (χ2v) is 9.10. The molecule has 1 saturated heterocycles. The number of aromatic nitrogens is 6. The lowest BCUT2D eigenvalue weighted by Crippen LogP contribution is -2.31. The Morgan fingerprint density at radius 1 is 1.15 bits per heavy atom. The standard InChI is InChI=1S/C25H26N8O6/c1-30-19(24(36)37)11-28-20(30)14-31-9-7-16(13-31)33-22-18(4-3-8-26-22)32(25(33)38)15-5-6-17(27-10-15)23(35)29-12-21(34)39-2/h3-6,8,10-11,16H,7,9,12-14H2,1-2H3,(H,29,35)(H,36,37). The number of rotatable bonds is 8. The highest BCUT2D eigenvalue weighted by Gasteiger charge is 2.30. The van der Waals surface area contributed by atoms with E-state index in [9.17, 15) is 24.3 Å². The molecule has 5 rings (SSSR count). The van der Waals surface area contributed by atoms with Crippen LogP contribution in [0.15, 0.2) is 47.7 Å². The minimum atomic E-state index is -1.04. The van der Waals surface area contributed by atoms with E-state index in [0.29, 0.717) is 48.7 Å². The molecule has 0 aliphatic carbocycles. The first-order chi connectivity index (χ1) is 18.8. The van der Waals surface area contributed by atoms with Gasteiger partial charge in [-0.1, -0.05) is 0 Å². The van der Waals surface area contributed by atoms with Crippen molar-refractivity contribution < 1.29 is 24.2 Å². The van der Waals surface area contributed by atoms with Crippen molar-refractivity contribution in [3.63, 3.8) is 0 Å². The summed E-state index contributed by atoms with van der Waals surface area (Å²) in [5.74, 6) is -1.53. The summed E-state index contributed by atoms with van der Waals surface area (Å²) in [6, 6.07) is 6.47. The van der Waals surface area contributed by atoms with Crippen molar-refractivity contribution in [2.24, 2.45) is 7.05 Å². The Labute approximate surface area is 221 Å². The molecule has 1 amide bonds. The number of fused-ring (bicyclic) bond motifs is 1. The lowest BCUT2D eigenvalue weighted by atomic mass is 10.2. The van der Waals surface area contributed by atoms with Crippen LogP contribution in [0.2, 0.25) is 0 Å². The molecule has 1 atom stereocenters. The molecule has 2 N–H and O–H groups in total. The minimum absolute atomic E-state index is 0.0874. The summed E-state index contributed by atoms with van der Waals surface area (Å²) in [4.78, 5) is 63.7. The summed E-state index contributed by atoms with van der Waals surface area (Å²) >= 11 is 0. The third kappa shape index (κ3) is 4.88. The molecule has 5 heterocycles. The highest BCUT2D eigenvalue weighted by atomic mass is 16.5. The Bertz CT molecular complexity index is 1620. The van der Waals surface area contributed by atoms with E-state index >= 15 is 0 Å². The summed E-state index contributed by atoms with van der Waals surface area (Å²) in [6.07, 6.45) is 5.09. The van der Waals surface area contributed by atoms with Crippen molar-refractivity contribution in [3.05, 3.63) is 70.6 Å². The van der Waals surface area contributed by atoms with E-state index in [4.69, 9.17) is 0 Å². The van der Waals surface area contributed by atoms with Crippen LogP contribution in [0, 0.1) is 0 Å². The van der Waals surface area contributed by atoms with Crippen molar-refractivity contribution in [2.75, 3.05) is 26.7 Å². The van der Waals surface area contributed by atoms with E-state index in [2.05, 4.69) is 29.9 Å². The Kier molecular flexibility index (Phi) is 6.94. The van der Waals surface area contributed by atoms with Gasteiger partial charge in [0.15, 0.2) is 5.65 Å². The number of esters is 1. The second kappa shape index (κ2) is 10.5. The Balaban J connectivity index is 1.39. The number of carboxylic acids is 1. The van der Waals surface area contributed by atoms with Crippen LogP contribution in [0.3, 0.4) is 0 Å². The van der Waals surface area contributed by atoms with E-state index in [1.807, 2.05) is 0 Å². The quantitative estimate of drug-likeness (QED) is 0.301. The van der Waals surface area contributed by atoms with Gasteiger partial charge in [0.25, 0.3) is 5.91 Å². The SMILES string of the molecule is COC(=O)CNC(=O)c1ccc(-n2c(=O)n(C3CCN(Cc4ncc(C(=O)O)n4C)C3)c3ncccc32)cn1. The van der Waals surface area contributed by atoms with Crippen LogP contribution in [-0.4, -0.2) is 83.2 Å². The van der Waals surface area contributed by atoms with Crippen LogP contribution in [0.4, 0.5) is 0 Å². The number of hydrogen-bond acceptors (Lipinski definition) is 9. The smallest absolute Gasteiger partial charge is 0.354 e. The summed E-state index contributed by atoms with van der Waals surface area (Å²) in [5, 5.41) is 11.7. The topological polar surface area (TPSA) is 166 Å². The first-order valence-electron chi connectivity index (χ1n) is 12.1. The van der Waals surface area contributed by atoms with Crippen molar-refractivity contribution in [1.82, 2.24) is 38.9 Å². The van der Waals surface area contributed by atoms with Gasteiger partial charge in [0.2, 0.25) is 0 Å². The molecule has 0 spiro atoms. The lowest BCUT2D eigenvalue weighted by molar-refractivity contribution is -0.139. The van der Waals surface area contributed by atoms with Crippen LogP contribution < -0.4 is 11.0 Å². The van der Waals surface area contributed by atoms with Crippen molar-refractivity contribution >= 4 is 29.0 Å². The largest absolute Gasteiger partial charge is 0.477 e. The number of likely N-dealkylation sites (tertiary alicyclic amines) is 1. The molecule has 0 bridgehead atoms. The van der Waals surface area contributed by atoms with Gasteiger partial charge in [0, 0.05) is 26.3 Å². The van der Waals surface area contributed by atoms with E-state index < -0.39 is 17.8 Å². The van der Waals surface area contributed by atoms with Crippen LogP contribution >= 0.6 is 0 Å². The van der Waals surface area contributed by atoms with Gasteiger partial charge in [-0.2, -0.15) is 0 Å². The number of methoxy groups -OCH3 is 1. The average molecular weight is 535 g/mol. The number of hydrogen-bond donors (Lipinski definition) is 2. The molecule has 39 heavy (non-hydrogen) atoms. The van der Waals surface area contributed by atoms with Gasteiger partial charge in [-0.15, -0.1) is 0 Å². The highest BCUT2D eigenvalue weighted by molar-refractivity contribution is 5.94. The molecule has 4 aromatic rings. The second-order valence-electron chi connectivity index (χ2n) is 9.10. The molecule has 14 nitrogen and oxygen atoms in total. The predicted octanol–water partition coefficient (Wildman–Crippen LogP) is 0.364. The fraction of sp³-hybridized carbons (Fsp3) is 0.320. The number of carbonyl (C=O) groups excluding carboxylic acids is 2. The van der Waals surface area contributed by atoms with E-state index in [1.54, 1.807) is 40.6 Å². The summed E-state index contributed by atoms with van der Waals surface area (Å²) in [6.45, 7) is 1.42. The zero-order chi connectivity index (χ0) is 27.7. The van der Waals surface area contributed by atoms with Crippen LogP contribution in [0.1, 0.15) is 39.3 Å². The molecule has 0 saturated carbocycles. The van der Waals surface area contributed by atoms with E-state index in [1.165, 1.54) is 30.1 Å². The monoisotopic (exact) mass is 534 g/mol. The highest BCUT2D eigenvalue weighted by Crippen LogP contribution is 2.26. The number of amides is 1. The van der Waals surface area contributed by atoms with E-state index in [0.717, 1.165) is 0 Å². The lowest BCUT2D eigenvalue weighted by Gasteiger charge is -2.16. The van der Waals surface area contributed by atoms with E-state index in [-0.39, 0.29) is 29.7 Å². The van der Waals surface area contributed by atoms with Gasteiger partial charge < -0.3 is 19.7 Å². The number of ether oxygens (including phenoxy) is 1. The normalized spacial score (nSPS) is 15.5. The number of imidazole rings is 2. The van der Waals surface area contributed by atoms with Gasteiger partial charge in [-0.25, -0.2) is 24.5 Å². The van der Waals surface area contributed by atoms with Crippen LogP contribution in [-0.2, 0) is 23.1 Å². The number of nitrogens with one attached hydrogen (secondary N) is 1. The predicted molar refractivity (Wildman–Crippen MR) is 137 cm³/mol. The number of nitrogens with zero attached hydrogens (tertiary/aromatic N) is 7. The molecule has 1 aliphatic rings. The van der Waals surface area contributed by atoms with Crippen molar-refractivity contribution in [1.29, 1.82) is 0 Å². The molecule has 202 valence electrons. The molecule has 0 aromatic carbocycles. The van der Waals surface area contributed by atoms with Crippen LogP contribution in [0.25, 0.3) is 16.9 Å². The Hall–Kier alpha value is -4.85. The zero-order valence-corrected chi connectivity index (χ0v) is 21.3. The Morgan fingerprint density at radius 3 is 2.67 bits per heavy atom. The fourth-order valence-corrected chi connectivity index (χ4v) is 4.76. The third-order valence-electron chi connectivity index (χ3n) is 6.77. The summed E-state index contributed by atoms with van der Waals surface area (Å²) < 4.78 is 9.25. The number of pyridine rings is 2. The molecule has 14 heteroatoms. The van der Waals surface area contributed by atoms with Gasteiger partial charge >= 0.3 is 17.6 Å². The van der Waals surface area contributed by atoms with Crippen molar-refractivity contribution in [3.8, 4) is 5.69 Å². The summed E-state index contributed by atoms with van der Waals surface area (Å²) in [5.41, 5.74) is 1.50. The fourth-order valence-electron chi connectivity index (χ4n) is 4.76. The molecule has 1 aliphatic heterocycles. The van der Waals surface area contributed by atoms with Gasteiger partial charge in [0.05, 0.1) is 43.3 Å². The van der Waals surface area contributed by atoms with Crippen LogP contribution in [0.5, 0.6) is 0 Å². The molecular formula is C25H26N8O6. The van der Waals surface area contributed by atoms with Gasteiger partial charge in [-0.3, -0.25) is 23.6 Å². The molecular weight excluding hydrogens is 508 g/mol. The maximum atomic E-state index is 13.7. The molecule has 4 aromatic heterocycles. The first kappa shape index (κ1) is 25.8. The average Bonchev–Trinajstić information content (AvgIpc) is 3.62. The molecule has 1 unspecified atom stereocenters. The van der Waals surface area contributed by atoms with Gasteiger partial charge in [0.1, 0.15) is 23.8 Å². The summed E-state index contributed by atoms with van der Waals surface area (Å²) in [7, 11) is 2.90. The maximum Gasteiger partial charge on any atom is 0.354 e. The van der Waals surface area contributed by atoms with Crippen molar-refractivity contribution in [2.45, 2.75) is 19.0 Å². The molecule has 0 radical (unpaired) electrons. The molecule has 1 fully saturated rings. The third-order valence-corrected chi connectivity index (χ3v) is 6.77. The van der Waals surface area contributed by atoms with Gasteiger partial charge in [-0.05, 0) is 30.7 Å².